The smallest absolute Gasteiger partial charge is 0.306 e. The highest BCUT2D eigenvalue weighted by molar-refractivity contribution is 5.71. The molecule has 6 nitrogen and oxygen atoms in total. The Morgan fingerprint density at radius 1 is 0.333 bits per heavy atom. The lowest BCUT2D eigenvalue weighted by molar-refractivity contribution is -0.167. The molecule has 63 heavy (non-hydrogen) atoms. The van der Waals surface area contributed by atoms with Crippen LogP contribution in [0.3, 0.4) is 0 Å². The van der Waals surface area contributed by atoms with Gasteiger partial charge in [-0.15, -0.1) is 0 Å². The minimum atomic E-state index is -0.794. The lowest BCUT2D eigenvalue weighted by atomic mass is 10.1. The Balaban J connectivity index is 4.41. The van der Waals surface area contributed by atoms with Gasteiger partial charge in [0, 0.05) is 19.3 Å². The van der Waals surface area contributed by atoms with E-state index in [0.29, 0.717) is 19.3 Å². The molecule has 0 aliphatic carbocycles. The molecule has 0 rings (SSSR count). The Labute approximate surface area is 390 Å². The van der Waals surface area contributed by atoms with Crippen LogP contribution in [0.1, 0.15) is 265 Å². The van der Waals surface area contributed by atoms with Crippen molar-refractivity contribution >= 4 is 17.9 Å². The Kier molecular flexibility index (Phi) is 49.4. The van der Waals surface area contributed by atoms with Crippen molar-refractivity contribution in [1.29, 1.82) is 0 Å². The van der Waals surface area contributed by atoms with E-state index in [9.17, 15) is 14.4 Å². The summed E-state index contributed by atoms with van der Waals surface area (Å²) in [6.07, 6.45) is 63.5. The van der Waals surface area contributed by atoms with Crippen LogP contribution in [0.5, 0.6) is 0 Å². The molecular formula is C57H100O6. The minimum absolute atomic E-state index is 0.0914. The Morgan fingerprint density at radius 3 is 1.02 bits per heavy atom. The summed E-state index contributed by atoms with van der Waals surface area (Å²) in [5.74, 6) is -0.940. The summed E-state index contributed by atoms with van der Waals surface area (Å²) in [5, 5.41) is 0. The monoisotopic (exact) mass is 881 g/mol. The third kappa shape index (κ3) is 50.0. The average Bonchev–Trinajstić information content (AvgIpc) is 3.28. The topological polar surface area (TPSA) is 78.9 Å². The van der Waals surface area contributed by atoms with Gasteiger partial charge in [-0.25, -0.2) is 0 Å². The Hall–Kier alpha value is -2.89. The fourth-order valence-corrected chi connectivity index (χ4v) is 7.45. The van der Waals surface area contributed by atoms with E-state index in [1.54, 1.807) is 0 Å². The van der Waals surface area contributed by atoms with E-state index in [2.05, 4.69) is 81.5 Å². The quantitative estimate of drug-likeness (QED) is 0.0262. The molecule has 0 aromatic heterocycles. The molecule has 0 aliphatic heterocycles. The fraction of sp³-hybridized carbons (Fsp3) is 0.772. The lowest BCUT2D eigenvalue weighted by Gasteiger charge is -2.18. The van der Waals surface area contributed by atoms with Gasteiger partial charge in [-0.05, 0) is 103 Å². The molecule has 1 atom stereocenters. The van der Waals surface area contributed by atoms with Gasteiger partial charge in [-0.2, -0.15) is 0 Å². The van der Waals surface area contributed by atoms with Crippen LogP contribution in [0.4, 0.5) is 0 Å². The molecule has 0 radical (unpaired) electrons. The maximum atomic E-state index is 12.8. The summed E-state index contributed by atoms with van der Waals surface area (Å²) in [7, 11) is 0. The molecule has 0 saturated carbocycles. The van der Waals surface area contributed by atoms with Gasteiger partial charge >= 0.3 is 17.9 Å². The highest BCUT2D eigenvalue weighted by Crippen LogP contribution is 2.14. The first-order valence-corrected chi connectivity index (χ1v) is 26.8. The summed E-state index contributed by atoms with van der Waals surface area (Å²) in [6.45, 7) is 6.48. The highest BCUT2D eigenvalue weighted by atomic mass is 16.6. The number of carbonyl (C=O) groups is 3. The van der Waals surface area contributed by atoms with Crippen LogP contribution in [-0.2, 0) is 28.6 Å². The SMILES string of the molecule is CC/C=C\C/C=C\C/C=C\CCCCC(=O)OCC(COC(=O)CCCCCCCCC/C=C\CCCCCCCC)OC(=O)CCCCCCC/C=C\CCCCCCCCC. The first-order chi connectivity index (χ1) is 31.0. The third-order valence-electron chi connectivity index (χ3n) is 11.5. The number of hydrogen-bond donors (Lipinski definition) is 0. The third-order valence-corrected chi connectivity index (χ3v) is 11.5. The molecule has 0 spiro atoms. The van der Waals surface area contributed by atoms with Crippen LogP contribution >= 0.6 is 0 Å². The van der Waals surface area contributed by atoms with Crippen LogP contribution in [0.2, 0.25) is 0 Å². The molecule has 0 fully saturated rings. The van der Waals surface area contributed by atoms with Crippen molar-refractivity contribution in [2.75, 3.05) is 13.2 Å². The average molecular weight is 881 g/mol. The number of ether oxygens (including phenoxy) is 3. The molecule has 0 amide bonds. The molecule has 0 N–H and O–H groups in total. The highest BCUT2D eigenvalue weighted by Gasteiger charge is 2.19. The Bertz CT molecular complexity index is 1150. The summed E-state index contributed by atoms with van der Waals surface area (Å²) >= 11 is 0. The van der Waals surface area contributed by atoms with Crippen LogP contribution in [0.25, 0.3) is 0 Å². The first-order valence-electron chi connectivity index (χ1n) is 26.8. The number of esters is 3. The van der Waals surface area contributed by atoms with Gasteiger partial charge in [0.2, 0.25) is 0 Å². The van der Waals surface area contributed by atoms with Crippen molar-refractivity contribution < 1.29 is 28.6 Å². The zero-order valence-corrected chi connectivity index (χ0v) is 41.6. The van der Waals surface area contributed by atoms with E-state index in [0.717, 1.165) is 89.9 Å². The summed E-state index contributed by atoms with van der Waals surface area (Å²) in [4.78, 5) is 38.0. The van der Waals surface area contributed by atoms with Gasteiger partial charge in [-0.3, -0.25) is 14.4 Å². The second-order valence-electron chi connectivity index (χ2n) is 17.7. The largest absolute Gasteiger partial charge is 0.462 e. The van der Waals surface area contributed by atoms with E-state index in [4.69, 9.17) is 14.2 Å². The van der Waals surface area contributed by atoms with Gasteiger partial charge in [0.05, 0.1) is 0 Å². The molecule has 0 heterocycles. The minimum Gasteiger partial charge on any atom is -0.462 e. The Morgan fingerprint density at radius 2 is 0.619 bits per heavy atom. The number of carbonyl (C=O) groups excluding carboxylic acids is 3. The predicted octanol–water partition coefficient (Wildman–Crippen LogP) is 17.6. The van der Waals surface area contributed by atoms with Crippen molar-refractivity contribution in [3.8, 4) is 0 Å². The fourth-order valence-electron chi connectivity index (χ4n) is 7.45. The van der Waals surface area contributed by atoms with Crippen molar-refractivity contribution in [3.05, 3.63) is 60.8 Å². The number of allylic oxidation sites excluding steroid dienone is 10. The maximum absolute atomic E-state index is 12.8. The molecule has 6 heteroatoms. The maximum Gasteiger partial charge on any atom is 0.306 e. The van der Waals surface area contributed by atoms with Crippen LogP contribution < -0.4 is 0 Å². The summed E-state index contributed by atoms with van der Waals surface area (Å²) < 4.78 is 16.8. The zero-order chi connectivity index (χ0) is 45.8. The standard InChI is InChI=1S/C57H100O6/c1-4-7-10-13-16-19-22-25-27-29-31-32-35-38-41-44-47-50-56(59)62-53-54(52-61-55(58)49-46-43-40-37-34-24-21-18-15-12-9-6-3)63-57(60)51-48-45-42-39-36-33-30-28-26-23-20-17-14-11-8-5-2/h9,12,18,21,25,27-28,30,34,37,54H,4-8,10-11,13-17,19-20,22-24,26,29,31-33,35-36,38-53H2,1-3H3/b12-9-,21-18-,27-25-,30-28-,37-34-. The van der Waals surface area contributed by atoms with E-state index in [1.807, 2.05) is 0 Å². The summed E-state index contributed by atoms with van der Waals surface area (Å²) in [6, 6.07) is 0. The van der Waals surface area contributed by atoms with Gasteiger partial charge in [0.1, 0.15) is 13.2 Å². The van der Waals surface area contributed by atoms with Crippen molar-refractivity contribution in [1.82, 2.24) is 0 Å². The van der Waals surface area contributed by atoms with Crippen LogP contribution in [-0.4, -0.2) is 37.2 Å². The molecule has 0 aromatic carbocycles. The van der Waals surface area contributed by atoms with Crippen LogP contribution in [0, 0.1) is 0 Å². The lowest BCUT2D eigenvalue weighted by Crippen LogP contribution is -2.30. The first kappa shape index (κ1) is 60.1. The summed E-state index contributed by atoms with van der Waals surface area (Å²) in [5.41, 5.74) is 0. The normalized spacial score (nSPS) is 12.5. The second kappa shape index (κ2) is 51.7. The van der Waals surface area contributed by atoms with E-state index >= 15 is 0 Å². The van der Waals surface area contributed by atoms with Crippen molar-refractivity contribution in [2.24, 2.45) is 0 Å². The van der Waals surface area contributed by atoms with E-state index in [-0.39, 0.29) is 31.1 Å². The van der Waals surface area contributed by atoms with E-state index < -0.39 is 6.10 Å². The van der Waals surface area contributed by atoms with Crippen molar-refractivity contribution in [3.63, 3.8) is 0 Å². The predicted molar refractivity (Wildman–Crippen MR) is 270 cm³/mol. The van der Waals surface area contributed by atoms with Gasteiger partial charge in [-0.1, -0.05) is 204 Å². The molecule has 1 unspecified atom stereocenters. The number of hydrogen-bond acceptors (Lipinski definition) is 6. The number of rotatable bonds is 48. The van der Waals surface area contributed by atoms with Crippen LogP contribution in [0.15, 0.2) is 60.8 Å². The molecule has 364 valence electrons. The van der Waals surface area contributed by atoms with Gasteiger partial charge in [0.15, 0.2) is 6.10 Å². The molecular weight excluding hydrogens is 781 g/mol. The van der Waals surface area contributed by atoms with Crippen molar-refractivity contribution in [2.45, 2.75) is 271 Å². The molecule has 0 aromatic rings. The van der Waals surface area contributed by atoms with Gasteiger partial charge in [0.25, 0.3) is 0 Å². The zero-order valence-electron chi connectivity index (χ0n) is 41.6. The molecule has 0 bridgehead atoms. The van der Waals surface area contributed by atoms with E-state index in [1.165, 1.54) is 135 Å². The number of unbranched alkanes of at least 4 members (excludes halogenated alkanes) is 27. The molecule has 0 saturated heterocycles. The molecule has 0 aliphatic rings. The second-order valence-corrected chi connectivity index (χ2v) is 17.7. The van der Waals surface area contributed by atoms with Gasteiger partial charge < -0.3 is 14.2 Å².